The highest BCUT2D eigenvalue weighted by molar-refractivity contribution is 5.86. The molecule has 1 rings (SSSR count). The minimum atomic E-state index is -1.19. The van der Waals surface area contributed by atoms with Gasteiger partial charge < -0.3 is 21.3 Å². The number of rotatable bonds is 7. The van der Waals surface area contributed by atoms with Crippen LogP contribution in [-0.4, -0.2) is 40.8 Å². The second-order valence-corrected chi connectivity index (χ2v) is 4.21. The number of nitrogens with one attached hydrogen (secondary N) is 1. The van der Waals surface area contributed by atoms with Crippen molar-refractivity contribution in [3.63, 3.8) is 0 Å². The van der Waals surface area contributed by atoms with Gasteiger partial charge in [-0.3, -0.25) is 4.79 Å². The lowest BCUT2D eigenvalue weighted by Crippen LogP contribution is -2.49. The Labute approximate surface area is 111 Å². The molecule has 5 N–H and O–H groups in total. The first-order valence-corrected chi connectivity index (χ1v) is 5.98. The van der Waals surface area contributed by atoms with Crippen LogP contribution in [0, 0.1) is 0 Å². The van der Waals surface area contributed by atoms with Gasteiger partial charge in [-0.1, -0.05) is 30.3 Å². The van der Waals surface area contributed by atoms with Crippen LogP contribution in [0.15, 0.2) is 30.3 Å². The zero-order valence-corrected chi connectivity index (χ0v) is 10.5. The number of carboxylic acids is 1. The number of aliphatic hydroxyl groups excluding tert-OH is 1. The van der Waals surface area contributed by atoms with Gasteiger partial charge in [-0.2, -0.15) is 0 Å². The van der Waals surface area contributed by atoms with E-state index in [9.17, 15) is 9.59 Å². The minimum absolute atomic E-state index is 0.0425. The van der Waals surface area contributed by atoms with E-state index in [4.69, 9.17) is 15.9 Å². The summed E-state index contributed by atoms with van der Waals surface area (Å²) in [7, 11) is 0. The molecule has 104 valence electrons. The molecule has 19 heavy (non-hydrogen) atoms. The predicted octanol–water partition coefficient (Wildman–Crippen LogP) is -0.492. The molecular formula is C13H18N2O4. The van der Waals surface area contributed by atoms with Crippen molar-refractivity contribution in [3.05, 3.63) is 35.9 Å². The van der Waals surface area contributed by atoms with E-state index in [0.29, 0.717) is 6.42 Å². The van der Waals surface area contributed by atoms with Gasteiger partial charge in [0.25, 0.3) is 0 Å². The number of aliphatic hydroxyl groups is 1. The normalized spacial score (nSPS) is 13.6. The van der Waals surface area contributed by atoms with E-state index in [1.54, 1.807) is 0 Å². The van der Waals surface area contributed by atoms with E-state index in [0.717, 1.165) is 5.56 Å². The Morgan fingerprint density at radius 2 is 1.89 bits per heavy atom. The summed E-state index contributed by atoms with van der Waals surface area (Å²) in [5.74, 6) is -1.72. The number of amides is 1. The lowest BCUT2D eigenvalue weighted by molar-refractivity contribution is -0.142. The second-order valence-electron chi connectivity index (χ2n) is 4.21. The Kier molecular flexibility index (Phi) is 5.98. The first-order chi connectivity index (χ1) is 9.04. The molecule has 0 saturated carbocycles. The summed E-state index contributed by atoms with van der Waals surface area (Å²) in [6.45, 7) is -0.314. The Bertz CT molecular complexity index is 422. The smallest absolute Gasteiger partial charge is 0.326 e. The van der Waals surface area contributed by atoms with Crippen molar-refractivity contribution in [3.8, 4) is 0 Å². The molecule has 0 spiro atoms. The largest absolute Gasteiger partial charge is 0.480 e. The molecule has 6 nitrogen and oxygen atoms in total. The summed E-state index contributed by atoms with van der Waals surface area (Å²) in [5, 5.41) is 19.9. The van der Waals surface area contributed by atoms with Gasteiger partial charge in [0, 0.05) is 13.0 Å². The Morgan fingerprint density at radius 3 is 2.42 bits per heavy atom. The van der Waals surface area contributed by atoms with Crippen molar-refractivity contribution in [1.82, 2.24) is 5.32 Å². The first kappa shape index (κ1) is 15.1. The number of hydrogen-bond donors (Lipinski definition) is 4. The molecule has 2 atom stereocenters. The Morgan fingerprint density at radius 1 is 1.26 bits per heavy atom. The van der Waals surface area contributed by atoms with Crippen LogP contribution in [0.3, 0.4) is 0 Å². The van der Waals surface area contributed by atoms with Crippen molar-refractivity contribution in [2.75, 3.05) is 6.61 Å². The zero-order valence-electron chi connectivity index (χ0n) is 10.5. The SMILES string of the molecule is NC(Cc1ccccc1)C(=O)N[C@H](CCO)C(=O)O. The van der Waals surface area contributed by atoms with Gasteiger partial charge in [-0.15, -0.1) is 0 Å². The number of hydrogen-bond acceptors (Lipinski definition) is 4. The van der Waals surface area contributed by atoms with E-state index in [2.05, 4.69) is 5.32 Å². The monoisotopic (exact) mass is 266 g/mol. The Hall–Kier alpha value is -1.92. The zero-order chi connectivity index (χ0) is 14.3. The molecule has 0 aromatic heterocycles. The summed E-state index contributed by atoms with van der Waals surface area (Å²) < 4.78 is 0. The number of carboxylic acid groups (broad SMARTS) is 1. The molecule has 1 amide bonds. The molecule has 6 heteroatoms. The van der Waals surface area contributed by atoms with Crippen molar-refractivity contribution in [2.24, 2.45) is 5.73 Å². The van der Waals surface area contributed by atoms with E-state index in [1.807, 2.05) is 30.3 Å². The van der Waals surface area contributed by atoms with Crippen LogP contribution in [-0.2, 0) is 16.0 Å². The van der Waals surface area contributed by atoms with E-state index >= 15 is 0 Å². The highest BCUT2D eigenvalue weighted by Gasteiger charge is 2.22. The average Bonchev–Trinajstić information content (AvgIpc) is 2.39. The molecule has 0 aliphatic rings. The number of benzene rings is 1. The number of aliphatic carboxylic acids is 1. The molecule has 0 aliphatic carbocycles. The molecule has 1 aromatic rings. The van der Waals surface area contributed by atoms with Crippen LogP contribution in [0.2, 0.25) is 0 Å². The number of carbonyl (C=O) groups is 2. The van der Waals surface area contributed by atoms with Gasteiger partial charge >= 0.3 is 5.97 Å². The maximum Gasteiger partial charge on any atom is 0.326 e. The molecule has 0 radical (unpaired) electrons. The van der Waals surface area contributed by atoms with E-state index < -0.39 is 24.0 Å². The van der Waals surface area contributed by atoms with Gasteiger partial charge in [0.15, 0.2) is 0 Å². The molecule has 0 saturated heterocycles. The lowest BCUT2D eigenvalue weighted by atomic mass is 10.1. The quantitative estimate of drug-likeness (QED) is 0.532. The van der Waals surface area contributed by atoms with Crippen molar-refractivity contribution in [1.29, 1.82) is 0 Å². The van der Waals surface area contributed by atoms with Crippen LogP contribution in [0.25, 0.3) is 0 Å². The standard InChI is InChI=1S/C13H18N2O4/c14-10(8-9-4-2-1-3-5-9)12(17)15-11(6-7-16)13(18)19/h1-5,10-11,16H,6-8,14H2,(H,15,17)(H,18,19)/t10?,11-/m1/s1. The minimum Gasteiger partial charge on any atom is -0.480 e. The average molecular weight is 266 g/mol. The van der Waals surface area contributed by atoms with Crippen LogP contribution < -0.4 is 11.1 Å². The van der Waals surface area contributed by atoms with Crippen molar-refractivity contribution < 1.29 is 19.8 Å². The highest BCUT2D eigenvalue weighted by atomic mass is 16.4. The topological polar surface area (TPSA) is 113 Å². The number of nitrogens with two attached hydrogens (primary N) is 1. The third kappa shape index (κ3) is 5.07. The van der Waals surface area contributed by atoms with Gasteiger partial charge in [0.2, 0.25) is 5.91 Å². The number of carbonyl (C=O) groups excluding carboxylic acids is 1. The van der Waals surface area contributed by atoms with Crippen molar-refractivity contribution >= 4 is 11.9 Å². The first-order valence-electron chi connectivity index (χ1n) is 5.98. The molecule has 0 heterocycles. The van der Waals surface area contributed by atoms with E-state index in [-0.39, 0.29) is 13.0 Å². The predicted molar refractivity (Wildman–Crippen MR) is 69.4 cm³/mol. The third-order valence-electron chi connectivity index (χ3n) is 2.67. The second kappa shape index (κ2) is 7.50. The molecule has 0 aliphatic heterocycles. The third-order valence-corrected chi connectivity index (χ3v) is 2.67. The Balaban J connectivity index is 2.54. The van der Waals surface area contributed by atoms with Gasteiger partial charge in [0.05, 0.1) is 6.04 Å². The molecule has 0 bridgehead atoms. The summed E-state index contributed by atoms with van der Waals surface area (Å²) in [6, 6.07) is 7.29. The summed E-state index contributed by atoms with van der Waals surface area (Å²) in [5.41, 5.74) is 6.63. The molecule has 1 aromatic carbocycles. The fraction of sp³-hybridized carbons (Fsp3) is 0.385. The van der Waals surface area contributed by atoms with Crippen LogP contribution >= 0.6 is 0 Å². The van der Waals surface area contributed by atoms with Crippen LogP contribution in [0.5, 0.6) is 0 Å². The van der Waals surface area contributed by atoms with Gasteiger partial charge in [-0.25, -0.2) is 4.79 Å². The summed E-state index contributed by atoms with van der Waals surface area (Å²) in [6.07, 6.45) is 0.289. The maximum atomic E-state index is 11.8. The van der Waals surface area contributed by atoms with Crippen molar-refractivity contribution in [2.45, 2.75) is 24.9 Å². The van der Waals surface area contributed by atoms with Crippen LogP contribution in [0.1, 0.15) is 12.0 Å². The fourth-order valence-electron chi connectivity index (χ4n) is 1.63. The van der Waals surface area contributed by atoms with Gasteiger partial charge in [0.1, 0.15) is 6.04 Å². The molecule has 0 fully saturated rings. The maximum absolute atomic E-state index is 11.8. The highest BCUT2D eigenvalue weighted by Crippen LogP contribution is 2.02. The van der Waals surface area contributed by atoms with E-state index in [1.165, 1.54) is 0 Å². The fourth-order valence-corrected chi connectivity index (χ4v) is 1.63. The lowest BCUT2D eigenvalue weighted by Gasteiger charge is -2.17. The van der Waals surface area contributed by atoms with Crippen LogP contribution in [0.4, 0.5) is 0 Å². The summed E-state index contributed by atoms with van der Waals surface area (Å²) in [4.78, 5) is 22.6. The molecular weight excluding hydrogens is 248 g/mol. The molecule has 1 unspecified atom stereocenters. The summed E-state index contributed by atoms with van der Waals surface area (Å²) >= 11 is 0. The van der Waals surface area contributed by atoms with Gasteiger partial charge in [-0.05, 0) is 12.0 Å².